The molecule has 3 nitrogen and oxygen atoms in total. The molecule has 4 rings (SSSR count). The molecule has 0 aliphatic carbocycles. The molecular weight excluding hydrogens is 354 g/mol. The minimum atomic E-state index is -0.0481. The smallest absolute Gasteiger partial charge is 0.290 e. The summed E-state index contributed by atoms with van der Waals surface area (Å²) in [5.74, 6) is 0.397. The van der Waals surface area contributed by atoms with E-state index >= 15 is 0 Å². The maximum atomic E-state index is 13.3. The minimum absolute atomic E-state index is 0.0481. The van der Waals surface area contributed by atoms with E-state index in [9.17, 15) is 4.79 Å². The van der Waals surface area contributed by atoms with Gasteiger partial charge in [0.25, 0.3) is 5.91 Å². The van der Waals surface area contributed by atoms with Crippen LogP contribution in [0.25, 0.3) is 11.0 Å². The summed E-state index contributed by atoms with van der Waals surface area (Å²) in [5.41, 5.74) is 2.90. The number of para-hydroxylation sites is 1. The first kappa shape index (κ1) is 17.6. The van der Waals surface area contributed by atoms with Crippen LogP contribution in [0, 0.1) is 6.92 Å². The summed E-state index contributed by atoms with van der Waals surface area (Å²) in [6.07, 6.45) is 0.817. The highest BCUT2D eigenvalue weighted by Crippen LogP contribution is 2.27. The number of benzene rings is 2. The zero-order valence-electron chi connectivity index (χ0n) is 15.2. The highest BCUT2D eigenvalue weighted by atomic mass is 32.1. The highest BCUT2D eigenvalue weighted by Gasteiger charge is 2.23. The number of hydrogen-bond acceptors (Lipinski definition) is 3. The van der Waals surface area contributed by atoms with Crippen LogP contribution in [0.3, 0.4) is 0 Å². The van der Waals surface area contributed by atoms with Crippen molar-refractivity contribution in [1.29, 1.82) is 0 Å². The molecule has 136 valence electrons. The molecule has 2 aromatic carbocycles. The van der Waals surface area contributed by atoms with Crippen LogP contribution in [0.4, 0.5) is 0 Å². The van der Waals surface area contributed by atoms with Crippen molar-refractivity contribution >= 4 is 28.2 Å². The summed E-state index contributed by atoms with van der Waals surface area (Å²) in [4.78, 5) is 16.4. The Kier molecular flexibility index (Phi) is 5.07. The van der Waals surface area contributed by atoms with Crippen LogP contribution in [-0.2, 0) is 13.0 Å². The van der Waals surface area contributed by atoms with Crippen molar-refractivity contribution in [3.63, 3.8) is 0 Å². The van der Waals surface area contributed by atoms with E-state index < -0.39 is 0 Å². The van der Waals surface area contributed by atoms with Gasteiger partial charge in [-0.25, -0.2) is 0 Å². The zero-order valence-corrected chi connectivity index (χ0v) is 16.0. The third kappa shape index (κ3) is 3.81. The Balaban J connectivity index is 1.61. The van der Waals surface area contributed by atoms with Gasteiger partial charge in [-0.1, -0.05) is 54.6 Å². The number of nitrogens with zero attached hydrogens (tertiary/aromatic N) is 1. The van der Waals surface area contributed by atoms with Crippen molar-refractivity contribution in [1.82, 2.24) is 4.90 Å². The Hall–Kier alpha value is -2.85. The second-order valence-electron chi connectivity index (χ2n) is 6.59. The fraction of sp³-hybridized carbons (Fsp3) is 0.174. The molecule has 2 aromatic heterocycles. The molecule has 0 saturated heterocycles. The first-order valence-electron chi connectivity index (χ1n) is 9.06. The number of carbonyl (C=O) groups excluding carboxylic acids is 1. The number of fused-ring (bicyclic) bond motifs is 1. The van der Waals surface area contributed by atoms with E-state index in [1.165, 1.54) is 10.4 Å². The van der Waals surface area contributed by atoms with Crippen molar-refractivity contribution in [2.75, 3.05) is 6.54 Å². The SMILES string of the molecule is Cc1c(C(=O)N(CCc2ccccc2)Cc2cccs2)oc2ccccc12. The Bertz CT molecular complexity index is 1030. The van der Waals surface area contributed by atoms with E-state index in [-0.39, 0.29) is 5.91 Å². The van der Waals surface area contributed by atoms with Gasteiger partial charge in [0, 0.05) is 22.4 Å². The first-order chi connectivity index (χ1) is 13.2. The van der Waals surface area contributed by atoms with E-state index in [0.717, 1.165) is 23.0 Å². The number of hydrogen-bond donors (Lipinski definition) is 0. The third-order valence-electron chi connectivity index (χ3n) is 4.77. The van der Waals surface area contributed by atoms with E-state index in [4.69, 9.17) is 4.42 Å². The first-order valence-corrected chi connectivity index (χ1v) is 9.94. The number of amides is 1. The van der Waals surface area contributed by atoms with E-state index in [1.54, 1.807) is 11.3 Å². The molecule has 0 spiro atoms. The van der Waals surface area contributed by atoms with Gasteiger partial charge in [0.05, 0.1) is 6.54 Å². The largest absolute Gasteiger partial charge is 0.451 e. The molecule has 0 atom stereocenters. The lowest BCUT2D eigenvalue weighted by Gasteiger charge is -2.21. The fourth-order valence-corrected chi connectivity index (χ4v) is 3.99. The molecule has 4 aromatic rings. The predicted molar refractivity (Wildman–Crippen MR) is 110 cm³/mol. The average molecular weight is 375 g/mol. The van der Waals surface area contributed by atoms with Crippen LogP contribution in [0.1, 0.15) is 26.6 Å². The van der Waals surface area contributed by atoms with Crippen LogP contribution in [-0.4, -0.2) is 17.4 Å². The maximum absolute atomic E-state index is 13.3. The normalized spacial score (nSPS) is 11.0. The molecule has 4 heteroatoms. The van der Waals surface area contributed by atoms with Crippen LogP contribution in [0.2, 0.25) is 0 Å². The molecule has 0 N–H and O–H groups in total. The van der Waals surface area contributed by atoms with Gasteiger partial charge >= 0.3 is 0 Å². The number of rotatable bonds is 6. The molecule has 1 amide bonds. The Morgan fingerprint density at radius 1 is 1.00 bits per heavy atom. The molecule has 2 heterocycles. The molecule has 0 fully saturated rings. The lowest BCUT2D eigenvalue weighted by Crippen LogP contribution is -2.32. The van der Waals surface area contributed by atoms with Gasteiger partial charge in [-0.15, -0.1) is 11.3 Å². The molecular formula is C23H21NO2S. The second-order valence-corrected chi connectivity index (χ2v) is 7.63. The summed E-state index contributed by atoms with van der Waals surface area (Å²) >= 11 is 1.67. The van der Waals surface area contributed by atoms with Gasteiger partial charge in [0.15, 0.2) is 5.76 Å². The molecule has 27 heavy (non-hydrogen) atoms. The van der Waals surface area contributed by atoms with Crippen molar-refractivity contribution in [2.45, 2.75) is 19.9 Å². The fourth-order valence-electron chi connectivity index (χ4n) is 3.27. The van der Waals surface area contributed by atoms with Gasteiger partial charge in [0.2, 0.25) is 0 Å². The van der Waals surface area contributed by atoms with Crippen LogP contribution < -0.4 is 0 Å². The summed E-state index contributed by atoms with van der Waals surface area (Å²) in [6.45, 7) is 3.20. The Labute approximate surface area is 162 Å². The maximum Gasteiger partial charge on any atom is 0.290 e. The van der Waals surface area contributed by atoms with Crippen molar-refractivity contribution in [2.24, 2.45) is 0 Å². The van der Waals surface area contributed by atoms with Crippen LogP contribution in [0.5, 0.6) is 0 Å². The minimum Gasteiger partial charge on any atom is -0.451 e. The number of furan rings is 1. The van der Waals surface area contributed by atoms with Crippen LogP contribution >= 0.6 is 11.3 Å². The lowest BCUT2D eigenvalue weighted by atomic mass is 10.1. The predicted octanol–water partition coefficient (Wildman–Crippen LogP) is 5.69. The molecule has 0 unspecified atom stereocenters. The molecule has 0 radical (unpaired) electrons. The second kappa shape index (κ2) is 7.80. The summed E-state index contributed by atoms with van der Waals surface area (Å²) in [6, 6.07) is 22.2. The van der Waals surface area contributed by atoms with Crippen molar-refractivity contribution < 1.29 is 9.21 Å². The van der Waals surface area contributed by atoms with Gasteiger partial charge in [0.1, 0.15) is 5.58 Å². The molecule has 0 saturated carbocycles. The summed E-state index contributed by atoms with van der Waals surface area (Å²) in [5, 5.41) is 3.04. The standard InChI is InChI=1S/C23H21NO2S/c1-17-20-11-5-6-12-21(20)26-22(17)23(25)24(16-19-10-7-15-27-19)14-13-18-8-3-2-4-9-18/h2-12,15H,13-14,16H2,1H3. The summed E-state index contributed by atoms with van der Waals surface area (Å²) < 4.78 is 5.93. The van der Waals surface area contributed by atoms with E-state index in [0.29, 0.717) is 18.8 Å². The van der Waals surface area contributed by atoms with Gasteiger partial charge in [-0.2, -0.15) is 0 Å². The Morgan fingerprint density at radius 2 is 1.78 bits per heavy atom. The number of thiophene rings is 1. The molecule has 0 aliphatic heterocycles. The monoisotopic (exact) mass is 375 g/mol. The van der Waals surface area contributed by atoms with Gasteiger partial charge in [-0.05, 0) is 36.4 Å². The van der Waals surface area contributed by atoms with Gasteiger partial charge < -0.3 is 9.32 Å². The number of carbonyl (C=O) groups is 1. The third-order valence-corrected chi connectivity index (χ3v) is 5.63. The van der Waals surface area contributed by atoms with E-state index in [2.05, 4.69) is 18.2 Å². The topological polar surface area (TPSA) is 33.5 Å². The van der Waals surface area contributed by atoms with Crippen molar-refractivity contribution in [3.05, 3.63) is 93.9 Å². The van der Waals surface area contributed by atoms with Gasteiger partial charge in [-0.3, -0.25) is 4.79 Å². The zero-order chi connectivity index (χ0) is 18.6. The number of aryl methyl sites for hydroxylation is 1. The molecule has 0 bridgehead atoms. The van der Waals surface area contributed by atoms with Crippen LogP contribution in [0.15, 0.2) is 76.5 Å². The molecule has 0 aliphatic rings. The lowest BCUT2D eigenvalue weighted by molar-refractivity contribution is 0.0716. The van der Waals surface area contributed by atoms with E-state index in [1.807, 2.05) is 65.7 Å². The van der Waals surface area contributed by atoms with Crippen molar-refractivity contribution in [3.8, 4) is 0 Å². The average Bonchev–Trinajstić information content (AvgIpc) is 3.34. The Morgan fingerprint density at radius 3 is 2.52 bits per heavy atom. The highest BCUT2D eigenvalue weighted by molar-refractivity contribution is 7.09. The summed E-state index contributed by atoms with van der Waals surface area (Å²) in [7, 11) is 0. The quantitative estimate of drug-likeness (QED) is 0.434.